The number of ether oxygens (including phenoxy) is 1. The number of carbonyl (C=O) groups excluding carboxylic acids is 2. The van der Waals surface area contributed by atoms with Gasteiger partial charge in [-0.2, -0.15) is 5.10 Å². The molecule has 0 aliphatic carbocycles. The van der Waals surface area contributed by atoms with Gasteiger partial charge in [0, 0.05) is 27.2 Å². The van der Waals surface area contributed by atoms with Crippen molar-refractivity contribution in [1.29, 1.82) is 0 Å². The largest absolute Gasteiger partial charge is 0.494 e. The molecule has 0 saturated carbocycles. The van der Waals surface area contributed by atoms with E-state index in [0.717, 1.165) is 0 Å². The van der Waals surface area contributed by atoms with E-state index in [1.54, 1.807) is 30.2 Å². The average molecular weight is 411 g/mol. The molecular formula is C18H21N9O3. The molecule has 156 valence electrons. The third kappa shape index (κ3) is 4.27. The molecule has 2 aromatic heterocycles. The van der Waals surface area contributed by atoms with Gasteiger partial charge in [0.25, 0.3) is 5.91 Å². The minimum absolute atomic E-state index is 0.0448. The first-order valence-electron chi connectivity index (χ1n) is 8.85. The second-order valence-corrected chi connectivity index (χ2v) is 6.03. The fourth-order valence-electron chi connectivity index (χ4n) is 2.65. The minimum atomic E-state index is -0.469. The smallest absolute Gasteiger partial charge is 0.320 e. The summed E-state index contributed by atoms with van der Waals surface area (Å²) < 4.78 is 7.17. The van der Waals surface area contributed by atoms with Gasteiger partial charge in [-0.05, 0) is 12.1 Å². The van der Waals surface area contributed by atoms with E-state index in [2.05, 4.69) is 41.5 Å². The third-order valence-corrected chi connectivity index (χ3v) is 4.03. The summed E-state index contributed by atoms with van der Waals surface area (Å²) in [7, 11) is 6.25. The highest BCUT2D eigenvalue weighted by Crippen LogP contribution is 2.37. The van der Waals surface area contributed by atoms with Crippen LogP contribution in [0.25, 0.3) is 11.4 Å². The summed E-state index contributed by atoms with van der Waals surface area (Å²) in [5.74, 6) is 0.674. The number of para-hydroxylation sites is 1. The number of aryl methyl sites for hydroxylation is 1. The molecule has 3 rings (SSSR count). The molecule has 0 aliphatic heterocycles. The predicted molar refractivity (Wildman–Crippen MR) is 110 cm³/mol. The molecule has 30 heavy (non-hydrogen) atoms. The van der Waals surface area contributed by atoms with Crippen LogP contribution in [0.3, 0.4) is 0 Å². The van der Waals surface area contributed by atoms with Crippen LogP contribution in [-0.2, 0) is 7.05 Å². The van der Waals surface area contributed by atoms with E-state index in [1.807, 2.05) is 6.07 Å². The maximum atomic E-state index is 12.3. The molecule has 0 aliphatic rings. The predicted octanol–water partition coefficient (Wildman–Crippen LogP) is 1.14. The van der Waals surface area contributed by atoms with Crippen molar-refractivity contribution in [2.24, 2.45) is 7.05 Å². The van der Waals surface area contributed by atoms with Gasteiger partial charge in [-0.15, -0.1) is 10.2 Å². The Kier molecular flexibility index (Phi) is 6.05. The van der Waals surface area contributed by atoms with Gasteiger partial charge in [0.05, 0.1) is 24.0 Å². The SMILES string of the molecule is CNC(=O)Nc1cc(Nc2cccc(-c3ncn(C)n3)c2OC)c(C(=O)NC)nn1. The lowest BCUT2D eigenvalue weighted by molar-refractivity contribution is 0.0958. The number of hydrogen-bond donors (Lipinski definition) is 4. The van der Waals surface area contributed by atoms with Crippen LogP contribution in [0, 0.1) is 0 Å². The summed E-state index contributed by atoms with van der Waals surface area (Å²) in [6.07, 6.45) is 1.59. The average Bonchev–Trinajstić information content (AvgIpc) is 3.19. The van der Waals surface area contributed by atoms with Crippen LogP contribution in [0.4, 0.5) is 22.0 Å². The number of carbonyl (C=O) groups is 2. The van der Waals surface area contributed by atoms with Gasteiger partial charge in [0.1, 0.15) is 6.33 Å². The number of rotatable bonds is 6. The fourth-order valence-corrected chi connectivity index (χ4v) is 2.65. The van der Waals surface area contributed by atoms with Crippen molar-refractivity contribution < 1.29 is 14.3 Å². The number of urea groups is 1. The van der Waals surface area contributed by atoms with Crippen LogP contribution < -0.4 is 26.0 Å². The number of nitrogens with one attached hydrogen (secondary N) is 4. The van der Waals surface area contributed by atoms with Gasteiger partial charge >= 0.3 is 6.03 Å². The Balaban J connectivity index is 2.05. The normalized spacial score (nSPS) is 10.3. The van der Waals surface area contributed by atoms with Crippen LogP contribution in [0.2, 0.25) is 0 Å². The first-order chi connectivity index (χ1) is 14.5. The Morgan fingerprint density at radius 2 is 1.90 bits per heavy atom. The van der Waals surface area contributed by atoms with E-state index < -0.39 is 11.9 Å². The number of amides is 3. The third-order valence-electron chi connectivity index (χ3n) is 4.03. The lowest BCUT2D eigenvalue weighted by atomic mass is 10.1. The number of aromatic nitrogens is 5. The quantitative estimate of drug-likeness (QED) is 0.472. The van der Waals surface area contributed by atoms with Crippen molar-refractivity contribution in [1.82, 2.24) is 35.6 Å². The highest BCUT2D eigenvalue weighted by atomic mass is 16.5. The van der Waals surface area contributed by atoms with E-state index in [0.29, 0.717) is 28.5 Å². The van der Waals surface area contributed by atoms with Gasteiger partial charge in [-0.25, -0.2) is 9.78 Å². The summed E-state index contributed by atoms with van der Waals surface area (Å²) in [5.41, 5.74) is 1.57. The number of benzene rings is 1. The highest BCUT2D eigenvalue weighted by molar-refractivity contribution is 5.99. The van der Waals surface area contributed by atoms with Gasteiger partial charge < -0.3 is 20.7 Å². The van der Waals surface area contributed by atoms with Crippen molar-refractivity contribution >= 4 is 29.1 Å². The van der Waals surface area contributed by atoms with Crippen molar-refractivity contribution in [3.63, 3.8) is 0 Å². The first kappa shape index (κ1) is 20.5. The van der Waals surface area contributed by atoms with Gasteiger partial charge in [-0.3, -0.25) is 14.8 Å². The standard InChI is InChI=1S/C18H21N9O3/c1-19-17(28)14-12(8-13(24-25-14)23-18(29)20-2)22-11-7-5-6-10(15(11)30-4)16-21-9-27(3)26-16/h5-9H,1-4H3,(H,19,28)(H3,20,22,23,24,29). The molecule has 0 bridgehead atoms. The van der Waals surface area contributed by atoms with E-state index in [9.17, 15) is 9.59 Å². The molecule has 12 heteroatoms. The minimum Gasteiger partial charge on any atom is -0.494 e. The Labute approximate surface area is 172 Å². The second kappa shape index (κ2) is 8.86. The zero-order chi connectivity index (χ0) is 21.7. The summed E-state index contributed by atoms with van der Waals surface area (Å²) in [6, 6.07) is 6.42. The molecule has 3 aromatic rings. The maximum absolute atomic E-state index is 12.3. The van der Waals surface area contributed by atoms with Crippen molar-refractivity contribution in [3.8, 4) is 17.1 Å². The summed E-state index contributed by atoms with van der Waals surface area (Å²) >= 11 is 0. The highest BCUT2D eigenvalue weighted by Gasteiger charge is 2.19. The molecule has 4 N–H and O–H groups in total. The zero-order valence-corrected chi connectivity index (χ0v) is 16.8. The van der Waals surface area contributed by atoms with E-state index in [1.165, 1.54) is 27.3 Å². The molecule has 0 unspecified atom stereocenters. The number of anilines is 3. The Morgan fingerprint density at radius 1 is 1.10 bits per heavy atom. The van der Waals surface area contributed by atoms with Crippen LogP contribution in [0.5, 0.6) is 5.75 Å². The molecule has 2 heterocycles. The Hall–Kier alpha value is -4.22. The molecule has 0 saturated heterocycles. The van der Waals surface area contributed by atoms with Gasteiger partial charge in [-0.1, -0.05) is 6.07 Å². The van der Waals surface area contributed by atoms with Crippen molar-refractivity contribution in [3.05, 3.63) is 36.3 Å². The van der Waals surface area contributed by atoms with Crippen LogP contribution in [0.15, 0.2) is 30.6 Å². The number of methoxy groups -OCH3 is 1. The Morgan fingerprint density at radius 3 is 2.53 bits per heavy atom. The number of nitrogens with zero attached hydrogens (tertiary/aromatic N) is 5. The Bertz CT molecular complexity index is 1080. The molecule has 3 amide bonds. The fraction of sp³-hybridized carbons (Fsp3) is 0.222. The molecular weight excluding hydrogens is 390 g/mol. The molecule has 0 spiro atoms. The van der Waals surface area contributed by atoms with E-state index in [4.69, 9.17) is 4.74 Å². The first-order valence-corrected chi connectivity index (χ1v) is 8.85. The van der Waals surface area contributed by atoms with Gasteiger partial charge in [0.15, 0.2) is 23.1 Å². The zero-order valence-electron chi connectivity index (χ0n) is 16.8. The van der Waals surface area contributed by atoms with E-state index in [-0.39, 0.29) is 11.5 Å². The van der Waals surface area contributed by atoms with Crippen molar-refractivity contribution in [2.75, 3.05) is 31.8 Å². The second-order valence-electron chi connectivity index (χ2n) is 6.03. The monoisotopic (exact) mass is 411 g/mol. The molecule has 0 fully saturated rings. The van der Waals surface area contributed by atoms with Crippen LogP contribution in [0.1, 0.15) is 10.5 Å². The molecule has 1 aromatic carbocycles. The summed E-state index contributed by atoms with van der Waals surface area (Å²) in [5, 5.41) is 22.7. The molecule has 0 atom stereocenters. The van der Waals surface area contributed by atoms with Crippen LogP contribution in [-0.4, -0.2) is 58.1 Å². The van der Waals surface area contributed by atoms with Crippen molar-refractivity contribution in [2.45, 2.75) is 0 Å². The molecule has 12 nitrogen and oxygen atoms in total. The summed E-state index contributed by atoms with van der Waals surface area (Å²) in [6.45, 7) is 0. The lowest BCUT2D eigenvalue weighted by Gasteiger charge is -2.16. The summed E-state index contributed by atoms with van der Waals surface area (Å²) in [4.78, 5) is 28.1. The number of hydrogen-bond acceptors (Lipinski definition) is 8. The van der Waals surface area contributed by atoms with E-state index >= 15 is 0 Å². The molecule has 0 radical (unpaired) electrons. The van der Waals surface area contributed by atoms with Gasteiger partial charge in [0.2, 0.25) is 0 Å². The topological polar surface area (TPSA) is 148 Å². The maximum Gasteiger partial charge on any atom is 0.320 e. The van der Waals surface area contributed by atoms with Crippen LogP contribution >= 0.6 is 0 Å². The lowest BCUT2D eigenvalue weighted by Crippen LogP contribution is -2.26.